The van der Waals surface area contributed by atoms with E-state index in [-0.39, 0.29) is 0 Å². The van der Waals surface area contributed by atoms with Gasteiger partial charge in [0.2, 0.25) is 0 Å². The fourth-order valence-corrected chi connectivity index (χ4v) is 4.20. The monoisotopic (exact) mass is 309 g/mol. The van der Waals surface area contributed by atoms with Crippen molar-refractivity contribution in [2.24, 2.45) is 11.8 Å². The third kappa shape index (κ3) is 2.19. The van der Waals surface area contributed by atoms with E-state index in [2.05, 4.69) is 33.0 Å². The number of halogens is 1. The van der Waals surface area contributed by atoms with Gasteiger partial charge >= 0.3 is 0 Å². The normalized spacial score (nSPS) is 28.5. The van der Waals surface area contributed by atoms with Crippen LogP contribution < -0.4 is 4.90 Å². The van der Waals surface area contributed by atoms with Crippen LogP contribution in [0.5, 0.6) is 0 Å². The fourth-order valence-electron chi connectivity index (χ4n) is 3.50. The number of aliphatic hydroxyl groups excluding tert-OH is 1. The van der Waals surface area contributed by atoms with E-state index in [1.54, 1.807) is 6.92 Å². The van der Waals surface area contributed by atoms with Crippen LogP contribution in [0.2, 0.25) is 0 Å². The zero-order valence-electron chi connectivity index (χ0n) is 10.8. The van der Waals surface area contributed by atoms with Gasteiger partial charge < -0.3 is 10.0 Å². The van der Waals surface area contributed by atoms with Crippen molar-refractivity contribution in [3.05, 3.63) is 28.2 Å². The van der Waals surface area contributed by atoms with Gasteiger partial charge in [0.15, 0.2) is 0 Å². The van der Waals surface area contributed by atoms with E-state index in [1.165, 1.54) is 38.0 Å². The predicted molar refractivity (Wildman–Crippen MR) is 77.8 cm³/mol. The second-order valence-electron chi connectivity index (χ2n) is 5.74. The molecule has 1 N–H and O–H groups in total. The van der Waals surface area contributed by atoms with Gasteiger partial charge in [0.05, 0.1) is 6.10 Å². The molecule has 3 atom stereocenters. The van der Waals surface area contributed by atoms with E-state index in [4.69, 9.17) is 0 Å². The molecule has 1 saturated carbocycles. The molecule has 2 nitrogen and oxygen atoms in total. The number of aliphatic hydroxyl groups is 1. The Morgan fingerprint density at radius 3 is 2.50 bits per heavy atom. The second kappa shape index (κ2) is 4.86. The highest BCUT2D eigenvalue weighted by atomic mass is 79.9. The number of benzene rings is 1. The highest BCUT2D eigenvalue weighted by Crippen LogP contribution is 2.40. The van der Waals surface area contributed by atoms with Crippen molar-refractivity contribution in [1.82, 2.24) is 0 Å². The fraction of sp³-hybridized carbons (Fsp3) is 0.600. The first kappa shape index (κ1) is 12.5. The maximum atomic E-state index is 9.65. The molecule has 3 rings (SSSR count). The molecule has 0 bridgehead atoms. The Morgan fingerprint density at radius 2 is 1.94 bits per heavy atom. The van der Waals surface area contributed by atoms with Crippen LogP contribution in [0, 0.1) is 11.8 Å². The van der Waals surface area contributed by atoms with Gasteiger partial charge in [0.1, 0.15) is 0 Å². The molecular weight excluding hydrogens is 290 g/mol. The Balaban J connectivity index is 1.79. The van der Waals surface area contributed by atoms with Crippen LogP contribution in [0.3, 0.4) is 0 Å². The van der Waals surface area contributed by atoms with Gasteiger partial charge in [-0.15, -0.1) is 0 Å². The summed E-state index contributed by atoms with van der Waals surface area (Å²) >= 11 is 3.57. The number of hydrogen-bond acceptors (Lipinski definition) is 2. The van der Waals surface area contributed by atoms with Crippen LogP contribution in [0.1, 0.15) is 37.9 Å². The van der Waals surface area contributed by atoms with Crippen molar-refractivity contribution < 1.29 is 5.11 Å². The minimum atomic E-state index is -0.411. The molecule has 1 aliphatic heterocycles. The Kier molecular flexibility index (Phi) is 3.37. The van der Waals surface area contributed by atoms with E-state index < -0.39 is 6.10 Å². The van der Waals surface area contributed by atoms with Crippen LogP contribution in [-0.4, -0.2) is 18.2 Å². The summed E-state index contributed by atoms with van der Waals surface area (Å²) in [5.41, 5.74) is 2.26. The molecule has 1 saturated heterocycles. The molecule has 2 aliphatic rings. The van der Waals surface area contributed by atoms with Crippen molar-refractivity contribution in [2.75, 3.05) is 18.0 Å². The van der Waals surface area contributed by atoms with Gasteiger partial charge in [-0.3, -0.25) is 0 Å². The Hall–Kier alpha value is -0.540. The molecule has 3 unspecified atom stereocenters. The lowest BCUT2D eigenvalue weighted by atomic mass is 10.0. The minimum absolute atomic E-state index is 0.411. The lowest BCUT2D eigenvalue weighted by Crippen LogP contribution is -2.20. The smallest absolute Gasteiger partial charge is 0.0772 e. The lowest BCUT2D eigenvalue weighted by molar-refractivity contribution is 0.198. The number of fused-ring (bicyclic) bond motifs is 1. The topological polar surface area (TPSA) is 23.5 Å². The summed E-state index contributed by atoms with van der Waals surface area (Å²) in [6.07, 6.45) is 3.84. The molecule has 3 heteroatoms. The largest absolute Gasteiger partial charge is 0.389 e. The third-order valence-corrected chi connectivity index (χ3v) is 5.21. The summed E-state index contributed by atoms with van der Waals surface area (Å²) in [4.78, 5) is 2.51. The molecule has 2 fully saturated rings. The second-order valence-corrected chi connectivity index (χ2v) is 6.59. The molecule has 0 amide bonds. The number of rotatable bonds is 2. The molecule has 98 valence electrons. The van der Waals surface area contributed by atoms with Crippen molar-refractivity contribution in [3.63, 3.8) is 0 Å². The van der Waals surface area contributed by atoms with E-state index in [0.717, 1.165) is 21.9 Å². The van der Waals surface area contributed by atoms with Crippen molar-refractivity contribution in [2.45, 2.75) is 32.3 Å². The highest BCUT2D eigenvalue weighted by molar-refractivity contribution is 9.10. The Morgan fingerprint density at radius 1 is 1.28 bits per heavy atom. The maximum Gasteiger partial charge on any atom is 0.0772 e. The SMILES string of the molecule is CC(O)c1ccc(N2CC3CCCC3C2)cc1Br. The number of anilines is 1. The van der Waals surface area contributed by atoms with Gasteiger partial charge in [-0.25, -0.2) is 0 Å². The molecular formula is C15H20BrNO. The zero-order valence-corrected chi connectivity index (χ0v) is 12.4. The van der Waals surface area contributed by atoms with Crippen LogP contribution in [-0.2, 0) is 0 Å². The quantitative estimate of drug-likeness (QED) is 0.899. The molecule has 1 aromatic carbocycles. The average molecular weight is 310 g/mol. The van der Waals surface area contributed by atoms with E-state index in [1.807, 2.05) is 6.07 Å². The van der Waals surface area contributed by atoms with Gasteiger partial charge in [-0.2, -0.15) is 0 Å². The molecule has 18 heavy (non-hydrogen) atoms. The standard InChI is InChI=1S/C15H20BrNO/c1-10(18)14-6-5-13(7-15(14)16)17-8-11-3-2-4-12(11)9-17/h5-7,10-12,18H,2-4,8-9H2,1H3. The summed E-state index contributed by atoms with van der Waals surface area (Å²) in [7, 11) is 0. The molecule has 0 radical (unpaired) electrons. The number of hydrogen-bond donors (Lipinski definition) is 1. The van der Waals surface area contributed by atoms with Crippen LogP contribution in [0.15, 0.2) is 22.7 Å². The highest BCUT2D eigenvalue weighted by Gasteiger charge is 2.36. The van der Waals surface area contributed by atoms with Crippen molar-refractivity contribution in [3.8, 4) is 0 Å². The first-order valence-electron chi connectivity index (χ1n) is 6.87. The summed E-state index contributed by atoms with van der Waals surface area (Å²) in [6.45, 7) is 4.23. The minimum Gasteiger partial charge on any atom is -0.389 e. The maximum absolute atomic E-state index is 9.65. The zero-order chi connectivity index (χ0) is 12.7. The first-order chi connectivity index (χ1) is 8.65. The average Bonchev–Trinajstić information content (AvgIpc) is 2.87. The summed E-state index contributed by atoms with van der Waals surface area (Å²) in [5, 5.41) is 9.65. The molecule has 1 aliphatic carbocycles. The van der Waals surface area contributed by atoms with Crippen LogP contribution in [0.4, 0.5) is 5.69 Å². The molecule has 1 aromatic rings. The molecule has 0 spiro atoms. The molecule has 1 heterocycles. The third-order valence-electron chi connectivity index (χ3n) is 4.53. The van der Waals surface area contributed by atoms with Gasteiger partial charge in [-0.1, -0.05) is 28.4 Å². The van der Waals surface area contributed by atoms with Gasteiger partial charge in [-0.05, 0) is 49.3 Å². The van der Waals surface area contributed by atoms with E-state index in [0.29, 0.717) is 0 Å². The predicted octanol–water partition coefficient (Wildman–Crippen LogP) is 3.74. The van der Waals surface area contributed by atoms with Crippen molar-refractivity contribution >= 4 is 21.6 Å². The van der Waals surface area contributed by atoms with Gasteiger partial charge in [0, 0.05) is 23.2 Å². The van der Waals surface area contributed by atoms with E-state index >= 15 is 0 Å². The van der Waals surface area contributed by atoms with Crippen LogP contribution >= 0.6 is 15.9 Å². The lowest BCUT2D eigenvalue weighted by Gasteiger charge is -2.21. The Bertz CT molecular complexity index is 434. The first-order valence-corrected chi connectivity index (χ1v) is 7.67. The van der Waals surface area contributed by atoms with Crippen LogP contribution in [0.25, 0.3) is 0 Å². The number of nitrogens with zero attached hydrogens (tertiary/aromatic N) is 1. The van der Waals surface area contributed by atoms with E-state index in [9.17, 15) is 5.11 Å². The summed E-state index contributed by atoms with van der Waals surface area (Å²) in [5.74, 6) is 1.83. The Labute approximate surface area is 117 Å². The summed E-state index contributed by atoms with van der Waals surface area (Å²) < 4.78 is 1.02. The van der Waals surface area contributed by atoms with Gasteiger partial charge in [0.25, 0.3) is 0 Å². The summed E-state index contributed by atoms with van der Waals surface area (Å²) in [6, 6.07) is 6.34. The molecule has 0 aromatic heterocycles. The van der Waals surface area contributed by atoms with Crippen molar-refractivity contribution in [1.29, 1.82) is 0 Å².